The van der Waals surface area contributed by atoms with Gasteiger partial charge >= 0.3 is 0 Å². The molecule has 104 valence electrons. The number of carbonyl (C=O) groups is 1. The Morgan fingerprint density at radius 3 is 2.68 bits per heavy atom. The Morgan fingerprint density at radius 1 is 1.37 bits per heavy atom. The summed E-state index contributed by atoms with van der Waals surface area (Å²) in [5.41, 5.74) is -0.313. The SMILES string of the molecule is COc1ccc(Br)cc1CC(=O)C1(O)CCCCC1. The fourth-order valence-electron chi connectivity index (χ4n) is 2.64. The monoisotopic (exact) mass is 326 g/mol. The molecule has 0 radical (unpaired) electrons. The maximum Gasteiger partial charge on any atom is 0.168 e. The Bertz CT molecular complexity index is 464. The Balaban J connectivity index is 2.16. The number of carbonyl (C=O) groups excluding carboxylic acids is 1. The molecule has 2 rings (SSSR count). The first-order valence-corrected chi connectivity index (χ1v) is 7.42. The van der Waals surface area contributed by atoms with Gasteiger partial charge in [0.25, 0.3) is 0 Å². The first kappa shape index (κ1) is 14.5. The number of hydrogen-bond acceptors (Lipinski definition) is 3. The molecule has 0 heterocycles. The van der Waals surface area contributed by atoms with Crippen molar-refractivity contribution in [3.63, 3.8) is 0 Å². The van der Waals surface area contributed by atoms with E-state index in [4.69, 9.17) is 4.74 Å². The molecule has 0 unspecified atom stereocenters. The van der Waals surface area contributed by atoms with Crippen LogP contribution in [0.2, 0.25) is 0 Å². The van der Waals surface area contributed by atoms with Gasteiger partial charge in [0.1, 0.15) is 11.4 Å². The molecule has 0 saturated heterocycles. The minimum Gasteiger partial charge on any atom is -0.496 e. The second kappa shape index (κ2) is 6.06. The number of ether oxygens (including phenoxy) is 1. The van der Waals surface area contributed by atoms with E-state index in [9.17, 15) is 9.90 Å². The molecular formula is C15H19BrO3. The zero-order valence-electron chi connectivity index (χ0n) is 11.1. The van der Waals surface area contributed by atoms with E-state index in [1.807, 2.05) is 18.2 Å². The summed E-state index contributed by atoms with van der Waals surface area (Å²) in [6, 6.07) is 5.59. The molecule has 0 bridgehead atoms. The van der Waals surface area contributed by atoms with Crippen LogP contribution in [0.5, 0.6) is 5.75 Å². The molecule has 1 N–H and O–H groups in total. The van der Waals surface area contributed by atoms with Crippen LogP contribution in [0.3, 0.4) is 0 Å². The maximum absolute atomic E-state index is 12.3. The summed E-state index contributed by atoms with van der Waals surface area (Å²) in [4.78, 5) is 12.3. The van der Waals surface area contributed by atoms with Crippen LogP contribution in [0, 0.1) is 0 Å². The highest BCUT2D eigenvalue weighted by molar-refractivity contribution is 9.10. The predicted molar refractivity (Wildman–Crippen MR) is 77.4 cm³/mol. The molecule has 1 aromatic carbocycles. The van der Waals surface area contributed by atoms with E-state index < -0.39 is 5.60 Å². The normalized spacial score (nSPS) is 18.1. The van der Waals surface area contributed by atoms with Crippen LogP contribution < -0.4 is 4.74 Å². The van der Waals surface area contributed by atoms with E-state index in [0.717, 1.165) is 29.3 Å². The fourth-order valence-corrected chi connectivity index (χ4v) is 3.05. The van der Waals surface area contributed by atoms with Crippen molar-refractivity contribution in [1.82, 2.24) is 0 Å². The van der Waals surface area contributed by atoms with Gasteiger partial charge in [0, 0.05) is 16.5 Å². The number of Topliss-reactive ketones (excluding diaryl/α,β-unsaturated/α-hetero) is 1. The molecule has 19 heavy (non-hydrogen) atoms. The Labute approximate surface area is 122 Å². The lowest BCUT2D eigenvalue weighted by atomic mass is 9.80. The molecule has 1 aliphatic carbocycles. The van der Waals surface area contributed by atoms with Crippen molar-refractivity contribution in [3.8, 4) is 5.75 Å². The second-order valence-electron chi connectivity index (χ2n) is 5.15. The number of aliphatic hydroxyl groups is 1. The van der Waals surface area contributed by atoms with Crippen LogP contribution in [0.4, 0.5) is 0 Å². The Morgan fingerprint density at radius 2 is 2.05 bits per heavy atom. The molecule has 0 amide bonds. The largest absolute Gasteiger partial charge is 0.496 e. The van der Waals surface area contributed by atoms with Gasteiger partial charge in [-0.3, -0.25) is 4.79 Å². The molecule has 0 aliphatic heterocycles. The lowest BCUT2D eigenvalue weighted by molar-refractivity contribution is -0.139. The minimum atomic E-state index is -1.13. The van der Waals surface area contributed by atoms with Crippen LogP contribution in [0.25, 0.3) is 0 Å². The number of hydrogen-bond donors (Lipinski definition) is 1. The molecule has 1 aromatic rings. The van der Waals surface area contributed by atoms with Crippen molar-refractivity contribution in [1.29, 1.82) is 0 Å². The third kappa shape index (κ3) is 3.37. The summed E-state index contributed by atoms with van der Waals surface area (Å²) in [5, 5.41) is 10.4. The van der Waals surface area contributed by atoms with Gasteiger partial charge in [-0.1, -0.05) is 35.2 Å². The highest BCUT2D eigenvalue weighted by Gasteiger charge is 2.36. The molecule has 0 aromatic heterocycles. The van der Waals surface area contributed by atoms with Crippen LogP contribution in [0.1, 0.15) is 37.7 Å². The topological polar surface area (TPSA) is 46.5 Å². The average Bonchev–Trinajstić information content (AvgIpc) is 2.40. The first-order valence-electron chi connectivity index (χ1n) is 6.63. The van der Waals surface area contributed by atoms with Gasteiger partial charge in [0.05, 0.1) is 7.11 Å². The standard InChI is InChI=1S/C15H19BrO3/c1-19-13-6-5-12(16)9-11(13)10-14(17)15(18)7-3-2-4-8-15/h5-6,9,18H,2-4,7-8,10H2,1H3. The lowest BCUT2D eigenvalue weighted by Gasteiger charge is -2.30. The van der Waals surface area contributed by atoms with E-state index in [2.05, 4.69) is 15.9 Å². The van der Waals surface area contributed by atoms with Crippen LogP contribution in [0.15, 0.2) is 22.7 Å². The van der Waals surface area contributed by atoms with E-state index in [1.165, 1.54) is 0 Å². The van der Waals surface area contributed by atoms with Crippen molar-refractivity contribution in [2.75, 3.05) is 7.11 Å². The lowest BCUT2D eigenvalue weighted by Crippen LogP contribution is -2.41. The zero-order chi connectivity index (χ0) is 13.9. The van der Waals surface area contributed by atoms with Gasteiger partial charge in [-0.05, 0) is 31.0 Å². The van der Waals surface area contributed by atoms with E-state index >= 15 is 0 Å². The molecule has 4 heteroatoms. The van der Waals surface area contributed by atoms with Crippen LogP contribution >= 0.6 is 15.9 Å². The predicted octanol–water partition coefficient (Wildman–Crippen LogP) is 3.26. The summed E-state index contributed by atoms with van der Waals surface area (Å²) in [6.07, 6.45) is 4.36. The van der Waals surface area contributed by atoms with Crippen LogP contribution in [-0.2, 0) is 11.2 Å². The van der Waals surface area contributed by atoms with Gasteiger partial charge in [0.15, 0.2) is 5.78 Å². The van der Waals surface area contributed by atoms with Crippen molar-refractivity contribution >= 4 is 21.7 Å². The summed E-state index contributed by atoms with van der Waals surface area (Å²) >= 11 is 3.40. The van der Waals surface area contributed by atoms with E-state index in [-0.39, 0.29) is 12.2 Å². The minimum absolute atomic E-state index is 0.0939. The quantitative estimate of drug-likeness (QED) is 0.923. The molecule has 1 fully saturated rings. The summed E-state index contributed by atoms with van der Waals surface area (Å²) in [5.74, 6) is 0.597. The highest BCUT2D eigenvalue weighted by Crippen LogP contribution is 2.31. The first-order chi connectivity index (χ1) is 9.05. The van der Waals surface area contributed by atoms with Gasteiger partial charge in [-0.15, -0.1) is 0 Å². The highest BCUT2D eigenvalue weighted by atomic mass is 79.9. The number of ketones is 1. The number of methoxy groups -OCH3 is 1. The van der Waals surface area contributed by atoms with Crippen molar-refractivity contribution in [2.24, 2.45) is 0 Å². The summed E-state index contributed by atoms with van der Waals surface area (Å²) < 4.78 is 6.18. The van der Waals surface area contributed by atoms with Crippen molar-refractivity contribution in [2.45, 2.75) is 44.1 Å². The average molecular weight is 327 g/mol. The van der Waals surface area contributed by atoms with Gasteiger partial charge in [-0.2, -0.15) is 0 Å². The second-order valence-corrected chi connectivity index (χ2v) is 6.06. The number of rotatable bonds is 4. The number of benzene rings is 1. The van der Waals surface area contributed by atoms with E-state index in [0.29, 0.717) is 18.6 Å². The smallest absolute Gasteiger partial charge is 0.168 e. The fraction of sp³-hybridized carbons (Fsp3) is 0.533. The molecular weight excluding hydrogens is 308 g/mol. The van der Waals surface area contributed by atoms with Crippen molar-refractivity contribution < 1.29 is 14.6 Å². The third-order valence-corrected chi connectivity index (χ3v) is 4.29. The molecule has 3 nitrogen and oxygen atoms in total. The molecule has 1 aliphatic rings. The molecule has 1 saturated carbocycles. The van der Waals surface area contributed by atoms with E-state index in [1.54, 1.807) is 7.11 Å². The van der Waals surface area contributed by atoms with Crippen molar-refractivity contribution in [3.05, 3.63) is 28.2 Å². The third-order valence-electron chi connectivity index (χ3n) is 3.79. The molecule has 0 spiro atoms. The van der Waals surface area contributed by atoms with Gasteiger partial charge in [-0.25, -0.2) is 0 Å². The summed E-state index contributed by atoms with van der Waals surface area (Å²) in [7, 11) is 1.59. The van der Waals surface area contributed by atoms with Gasteiger partial charge in [0.2, 0.25) is 0 Å². The van der Waals surface area contributed by atoms with Gasteiger partial charge < -0.3 is 9.84 Å². The Hall–Kier alpha value is -0.870. The zero-order valence-corrected chi connectivity index (χ0v) is 12.7. The summed E-state index contributed by atoms with van der Waals surface area (Å²) in [6.45, 7) is 0. The van der Waals surface area contributed by atoms with Crippen LogP contribution in [-0.4, -0.2) is 23.6 Å². The number of halogens is 1. The molecule has 0 atom stereocenters. The maximum atomic E-state index is 12.3. The Kier molecular flexibility index (Phi) is 4.63.